The summed E-state index contributed by atoms with van der Waals surface area (Å²) in [5.41, 5.74) is 5.39. The number of carbonyl (C=O) groups is 3. The first-order valence-electron chi connectivity index (χ1n) is 22.8. The van der Waals surface area contributed by atoms with Gasteiger partial charge >= 0.3 is 0 Å². The quantitative estimate of drug-likeness (QED) is 0.0947. The summed E-state index contributed by atoms with van der Waals surface area (Å²) in [6, 6.07) is 28.1. The number of pyridine rings is 2. The number of aromatic nitrogens is 2. The number of aliphatic hydroxyl groups is 3. The summed E-state index contributed by atoms with van der Waals surface area (Å²) in [5, 5.41) is 39.8. The summed E-state index contributed by atoms with van der Waals surface area (Å²) in [7, 11) is 0. The van der Waals surface area contributed by atoms with Crippen LogP contribution in [0.15, 0.2) is 122 Å². The van der Waals surface area contributed by atoms with Gasteiger partial charge in [-0.1, -0.05) is 88.5 Å². The molecule has 0 unspecified atom stereocenters. The van der Waals surface area contributed by atoms with E-state index in [2.05, 4.69) is 56.1 Å². The van der Waals surface area contributed by atoms with Gasteiger partial charge < -0.3 is 31.7 Å². The minimum atomic E-state index is -1.12. The van der Waals surface area contributed by atoms with Crippen molar-refractivity contribution in [2.75, 3.05) is 0 Å². The molecule has 11 nitrogen and oxygen atoms in total. The minimum Gasteiger partial charge on any atom is -0.378 e. The Morgan fingerprint density at radius 1 is 0.536 bits per heavy atom. The molecule has 6 atom stereocenters. The number of nitrogens with two attached hydrogens (primary N) is 1. The molecule has 3 aromatic carbocycles. The Morgan fingerprint density at radius 3 is 1.23 bits per heavy atom. The third-order valence-corrected chi connectivity index (χ3v) is 12.6. The normalized spacial score (nSPS) is 23.6. The fraction of sp³-hybridized carbons (Fsp3) is 0.327. The maximum Gasteiger partial charge on any atom is 0.251 e. The first-order valence-corrected chi connectivity index (χ1v) is 23.9. The number of benzene rings is 3. The number of nitrogens with one attached hydrogen (secondary N) is 2. The lowest BCUT2D eigenvalue weighted by atomic mass is 9.78. The molecule has 69 heavy (non-hydrogen) atoms. The lowest BCUT2D eigenvalue weighted by molar-refractivity contribution is -0.125. The second-order valence-electron chi connectivity index (χ2n) is 17.6. The fourth-order valence-corrected chi connectivity index (χ4v) is 8.97. The summed E-state index contributed by atoms with van der Waals surface area (Å²) in [4.78, 5) is 43.6. The summed E-state index contributed by atoms with van der Waals surface area (Å²) in [6.45, 7) is 0. The Hall–Kier alpha value is -6.20. The number of primary amides is 1. The van der Waals surface area contributed by atoms with Crippen LogP contribution in [0.5, 0.6) is 0 Å². The third-order valence-electron chi connectivity index (χ3n) is 11.9. The molecule has 0 saturated heterocycles. The average Bonchev–Trinajstić information content (AvgIpc) is 3.33. The fourth-order valence-electron chi connectivity index (χ4n) is 8.40. The number of rotatable bonds is 5. The van der Waals surface area contributed by atoms with Crippen LogP contribution in [0.4, 0.5) is 0 Å². The van der Waals surface area contributed by atoms with Crippen LogP contribution in [0.2, 0.25) is 15.1 Å². The molecule has 3 aliphatic rings. The monoisotopic (exact) mass is 985 g/mol. The van der Waals surface area contributed by atoms with E-state index in [0.29, 0.717) is 64.7 Å². The Balaban J connectivity index is 0.000000172. The van der Waals surface area contributed by atoms with Crippen LogP contribution in [0.3, 0.4) is 0 Å². The van der Waals surface area contributed by atoms with Crippen molar-refractivity contribution in [2.45, 2.75) is 106 Å². The van der Waals surface area contributed by atoms with Crippen molar-refractivity contribution < 1.29 is 29.7 Å². The first kappa shape index (κ1) is 52.2. The zero-order chi connectivity index (χ0) is 49.3. The SMILES string of the molecule is NC(=O)[C@@H]1CCC[C@](O)(C#Cc2cccc(Cl)c2)C1.O=C(N[C@@H]1CCC[C@](O)(C#Cc2cccc(Cl)c2)C1)c1ccncc1.O=C(N[C@H]1CCC[C@@](O)(C#Cc2cccc(Cl)c2)C1)c1ccncc1. The largest absolute Gasteiger partial charge is 0.378 e. The van der Waals surface area contributed by atoms with Gasteiger partial charge in [0.2, 0.25) is 5.91 Å². The van der Waals surface area contributed by atoms with Crippen LogP contribution in [-0.2, 0) is 4.79 Å². The molecule has 14 heteroatoms. The lowest BCUT2D eigenvalue weighted by Gasteiger charge is -2.33. The van der Waals surface area contributed by atoms with Gasteiger partial charge in [0.25, 0.3) is 11.8 Å². The van der Waals surface area contributed by atoms with Crippen molar-refractivity contribution in [3.05, 3.63) is 165 Å². The van der Waals surface area contributed by atoms with E-state index in [1.54, 1.807) is 85.5 Å². The van der Waals surface area contributed by atoms with Crippen molar-refractivity contribution in [2.24, 2.45) is 11.7 Å². The van der Waals surface area contributed by atoms with Gasteiger partial charge in [-0.15, -0.1) is 0 Å². The molecule has 2 aromatic heterocycles. The van der Waals surface area contributed by atoms with Gasteiger partial charge in [0.05, 0.1) is 0 Å². The van der Waals surface area contributed by atoms with Crippen LogP contribution in [0, 0.1) is 41.4 Å². The van der Waals surface area contributed by atoms with E-state index in [1.165, 1.54) is 0 Å². The van der Waals surface area contributed by atoms with Crippen molar-refractivity contribution in [3.8, 4) is 35.5 Å². The van der Waals surface area contributed by atoms with E-state index in [9.17, 15) is 29.7 Å². The van der Waals surface area contributed by atoms with Crippen LogP contribution in [-0.4, -0.2) is 71.9 Å². The van der Waals surface area contributed by atoms with Crippen molar-refractivity contribution in [1.82, 2.24) is 20.6 Å². The molecule has 5 aromatic rings. The van der Waals surface area contributed by atoms with Gasteiger partial charge in [-0.25, -0.2) is 0 Å². The van der Waals surface area contributed by atoms with Crippen molar-refractivity contribution in [1.29, 1.82) is 0 Å². The highest BCUT2D eigenvalue weighted by molar-refractivity contribution is 6.31. The molecule has 0 spiro atoms. The molecule has 2 heterocycles. The topological polar surface area (TPSA) is 188 Å². The summed E-state index contributed by atoms with van der Waals surface area (Å²) in [5.74, 6) is 16.8. The molecule has 8 rings (SSSR count). The van der Waals surface area contributed by atoms with Crippen molar-refractivity contribution >= 4 is 52.5 Å². The van der Waals surface area contributed by atoms with Gasteiger partial charge in [0.1, 0.15) is 16.8 Å². The lowest BCUT2D eigenvalue weighted by Crippen LogP contribution is -2.45. The number of hydrogen-bond acceptors (Lipinski definition) is 8. The predicted molar refractivity (Wildman–Crippen MR) is 269 cm³/mol. The van der Waals surface area contributed by atoms with Gasteiger partial charge in [0, 0.05) is 98.5 Å². The predicted octanol–water partition coefficient (Wildman–Crippen LogP) is 8.48. The average molecular weight is 987 g/mol. The third kappa shape index (κ3) is 17.1. The molecule has 0 radical (unpaired) electrons. The van der Waals surface area contributed by atoms with E-state index >= 15 is 0 Å². The molecule has 0 aliphatic heterocycles. The molecule has 3 aliphatic carbocycles. The van der Waals surface area contributed by atoms with E-state index in [-0.39, 0.29) is 35.7 Å². The maximum atomic E-state index is 12.3. The van der Waals surface area contributed by atoms with Crippen LogP contribution in [0.1, 0.15) is 114 Å². The highest BCUT2D eigenvalue weighted by Crippen LogP contribution is 2.33. The van der Waals surface area contributed by atoms with Gasteiger partial charge in [-0.05, 0) is 143 Å². The minimum absolute atomic E-state index is 0.104. The second kappa shape index (κ2) is 24.9. The molecule has 3 amide bonds. The van der Waals surface area contributed by atoms with Gasteiger partial charge in [0.15, 0.2) is 0 Å². The molecule has 3 saturated carbocycles. The van der Waals surface area contributed by atoms with E-state index in [0.717, 1.165) is 55.2 Å². The van der Waals surface area contributed by atoms with E-state index in [1.807, 2.05) is 36.4 Å². The van der Waals surface area contributed by atoms with Gasteiger partial charge in [-0.3, -0.25) is 24.4 Å². The summed E-state index contributed by atoms with van der Waals surface area (Å²) < 4.78 is 0. The smallest absolute Gasteiger partial charge is 0.251 e. The maximum absolute atomic E-state index is 12.3. The molecule has 7 N–H and O–H groups in total. The number of nitrogens with zero attached hydrogens (tertiary/aromatic N) is 2. The second-order valence-corrected chi connectivity index (χ2v) is 18.9. The molecule has 3 fully saturated rings. The zero-order valence-corrected chi connectivity index (χ0v) is 40.2. The molecule has 0 bridgehead atoms. The Morgan fingerprint density at radius 2 is 0.884 bits per heavy atom. The first-order chi connectivity index (χ1) is 33.1. The van der Waals surface area contributed by atoms with Crippen molar-refractivity contribution in [3.63, 3.8) is 0 Å². The summed E-state index contributed by atoms with van der Waals surface area (Å²) >= 11 is 17.8. The number of halogens is 3. The molecular weight excluding hydrogens is 933 g/mol. The number of hydrogen-bond donors (Lipinski definition) is 6. The number of amides is 3. The standard InChI is InChI=1S/2C20H19ClN2O2.C15H16ClNO2/c2*21-17-4-1-3-15(13-17)6-10-20(25)9-2-5-18(14-20)23-19(24)16-7-11-22-12-8-16;16-13-5-1-3-11(9-13)6-8-15(19)7-2-4-12(10-15)14(17)18/h2*1,3-4,7-8,11-13,18,25H,2,5,9,14H2,(H,23,24);1,3,5,9,12,19H,2,4,7,10H2,(H2,17,18)/t2*18-,20+;12-,15+/m101/s1. The highest BCUT2D eigenvalue weighted by atomic mass is 35.5. The Labute approximate surface area is 418 Å². The highest BCUT2D eigenvalue weighted by Gasteiger charge is 2.36. The Bertz CT molecular complexity index is 2630. The van der Waals surface area contributed by atoms with Crippen LogP contribution in [0.25, 0.3) is 0 Å². The van der Waals surface area contributed by atoms with E-state index < -0.39 is 16.8 Å². The summed E-state index contributed by atoms with van der Waals surface area (Å²) in [6.07, 6.45) is 14.0. The molecular formula is C55H54Cl3N5O6. The van der Waals surface area contributed by atoms with E-state index in [4.69, 9.17) is 40.5 Å². The van der Waals surface area contributed by atoms with Crippen LogP contribution < -0.4 is 16.4 Å². The molecule has 356 valence electrons. The zero-order valence-electron chi connectivity index (χ0n) is 37.9. The van der Waals surface area contributed by atoms with Crippen LogP contribution >= 0.6 is 34.8 Å². The van der Waals surface area contributed by atoms with Gasteiger partial charge in [-0.2, -0.15) is 0 Å². The Kier molecular flexibility index (Phi) is 18.8. The number of carbonyl (C=O) groups excluding carboxylic acids is 3.